The quantitative estimate of drug-likeness (QED) is 0.465. The molecule has 2 aromatic carbocycles. The van der Waals surface area contributed by atoms with Crippen LogP contribution in [0.5, 0.6) is 0 Å². The molecule has 0 radical (unpaired) electrons. The summed E-state index contributed by atoms with van der Waals surface area (Å²) in [5.41, 5.74) is 1.14. The topological polar surface area (TPSA) is 64.0 Å². The Morgan fingerprint density at radius 3 is 2.62 bits per heavy atom. The van der Waals surface area contributed by atoms with Gasteiger partial charge < -0.3 is 5.32 Å². The van der Waals surface area contributed by atoms with Crippen molar-refractivity contribution in [3.05, 3.63) is 64.2 Å². The summed E-state index contributed by atoms with van der Waals surface area (Å²) in [5, 5.41) is 3.78. The van der Waals surface area contributed by atoms with Crippen LogP contribution < -0.4 is 10.9 Å². The SMILES string of the molecule is CCC(CC)NC(=O)CSc1nc2ccccc2c(=O)n1-c1ccc(C)c(F)c1. The molecule has 7 heteroatoms. The van der Waals surface area contributed by atoms with Gasteiger partial charge in [0, 0.05) is 6.04 Å². The van der Waals surface area contributed by atoms with Gasteiger partial charge in [-0.1, -0.05) is 43.8 Å². The highest BCUT2D eigenvalue weighted by Crippen LogP contribution is 2.22. The molecular formula is C22H24FN3O2S. The van der Waals surface area contributed by atoms with Gasteiger partial charge in [0.05, 0.1) is 22.3 Å². The van der Waals surface area contributed by atoms with Gasteiger partial charge in [-0.2, -0.15) is 0 Å². The third kappa shape index (κ3) is 4.67. The third-order valence-electron chi connectivity index (χ3n) is 4.84. The van der Waals surface area contributed by atoms with Gasteiger partial charge in [-0.15, -0.1) is 0 Å². The molecule has 1 N–H and O–H groups in total. The van der Waals surface area contributed by atoms with Crippen molar-refractivity contribution in [1.82, 2.24) is 14.9 Å². The van der Waals surface area contributed by atoms with Gasteiger partial charge in [-0.05, 0) is 49.6 Å². The predicted octanol–water partition coefficient (Wildman–Crippen LogP) is 4.23. The molecule has 0 aliphatic rings. The van der Waals surface area contributed by atoms with Crippen LogP contribution in [0, 0.1) is 12.7 Å². The van der Waals surface area contributed by atoms with Gasteiger partial charge in [0.15, 0.2) is 5.16 Å². The molecule has 0 aliphatic carbocycles. The number of halogens is 1. The molecule has 29 heavy (non-hydrogen) atoms. The lowest BCUT2D eigenvalue weighted by molar-refractivity contribution is -0.119. The molecule has 0 bridgehead atoms. The largest absolute Gasteiger partial charge is 0.353 e. The lowest BCUT2D eigenvalue weighted by Gasteiger charge is -2.16. The molecule has 0 fully saturated rings. The molecule has 3 rings (SSSR count). The number of benzene rings is 2. The lowest BCUT2D eigenvalue weighted by atomic mass is 10.2. The van der Waals surface area contributed by atoms with Gasteiger partial charge in [0.2, 0.25) is 5.91 Å². The fourth-order valence-corrected chi connectivity index (χ4v) is 3.87. The summed E-state index contributed by atoms with van der Waals surface area (Å²) in [7, 11) is 0. The highest BCUT2D eigenvalue weighted by molar-refractivity contribution is 7.99. The summed E-state index contributed by atoms with van der Waals surface area (Å²) in [5.74, 6) is -0.395. The van der Waals surface area contributed by atoms with Crippen molar-refractivity contribution >= 4 is 28.6 Å². The Balaban J connectivity index is 2.02. The zero-order valence-corrected chi connectivity index (χ0v) is 17.6. The van der Waals surface area contributed by atoms with Crippen LogP contribution in [0.15, 0.2) is 52.4 Å². The first-order valence-electron chi connectivity index (χ1n) is 9.65. The summed E-state index contributed by atoms with van der Waals surface area (Å²) < 4.78 is 15.5. The number of rotatable bonds is 7. The van der Waals surface area contributed by atoms with E-state index in [1.165, 1.54) is 22.4 Å². The number of fused-ring (bicyclic) bond motifs is 1. The van der Waals surface area contributed by atoms with Crippen LogP contribution in [0.3, 0.4) is 0 Å². The van der Waals surface area contributed by atoms with Crippen LogP contribution in [0.2, 0.25) is 0 Å². The van der Waals surface area contributed by atoms with E-state index in [4.69, 9.17) is 0 Å². The summed E-state index contributed by atoms with van der Waals surface area (Å²) >= 11 is 1.17. The van der Waals surface area contributed by atoms with Crippen molar-refractivity contribution in [2.45, 2.75) is 44.8 Å². The van der Waals surface area contributed by atoms with E-state index in [-0.39, 0.29) is 23.3 Å². The number of aryl methyl sites for hydroxylation is 1. The van der Waals surface area contributed by atoms with Gasteiger partial charge >= 0.3 is 0 Å². The monoisotopic (exact) mass is 413 g/mol. The van der Waals surface area contributed by atoms with E-state index in [9.17, 15) is 14.0 Å². The average Bonchev–Trinajstić information content (AvgIpc) is 2.72. The van der Waals surface area contributed by atoms with Crippen LogP contribution in [0.4, 0.5) is 4.39 Å². The highest BCUT2D eigenvalue weighted by atomic mass is 32.2. The van der Waals surface area contributed by atoms with Gasteiger partial charge in [-0.3, -0.25) is 14.2 Å². The van der Waals surface area contributed by atoms with Crippen LogP contribution in [0.25, 0.3) is 16.6 Å². The Hall–Kier alpha value is -2.67. The molecule has 5 nitrogen and oxygen atoms in total. The van der Waals surface area contributed by atoms with E-state index in [2.05, 4.69) is 10.3 Å². The molecule has 0 atom stereocenters. The minimum absolute atomic E-state index is 0.118. The first-order valence-corrected chi connectivity index (χ1v) is 10.6. The fraction of sp³-hybridized carbons (Fsp3) is 0.318. The van der Waals surface area contributed by atoms with Crippen molar-refractivity contribution in [3.8, 4) is 5.69 Å². The summed E-state index contributed by atoms with van der Waals surface area (Å²) in [4.78, 5) is 30.1. The Labute approximate surface area is 173 Å². The maximum atomic E-state index is 14.2. The minimum Gasteiger partial charge on any atom is -0.353 e. The van der Waals surface area contributed by atoms with E-state index in [1.807, 2.05) is 13.8 Å². The maximum absolute atomic E-state index is 14.2. The normalized spacial score (nSPS) is 11.2. The average molecular weight is 414 g/mol. The van der Waals surface area contributed by atoms with E-state index >= 15 is 0 Å². The van der Waals surface area contributed by atoms with Gasteiger partial charge in [0.1, 0.15) is 5.82 Å². The number of hydrogen-bond acceptors (Lipinski definition) is 4. The summed E-state index contributed by atoms with van der Waals surface area (Å²) in [6.45, 7) is 5.71. The zero-order chi connectivity index (χ0) is 21.0. The molecule has 0 aliphatic heterocycles. The molecule has 0 saturated carbocycles. The van der Waals surface area contributed by atoms with Crippen LogP contribution in [0.1, 0.15) is 32.3 Å². The predicted molar refractivity (Wildman–Crippen MR) is 115 cm³/mol. The Kier molecular flexibility index (Phi) is 6.69. The molecule has 3 aromatic rings. The second-order valence-corrected chi connectivity index (χ2v) is 7.80. The molecule has 0 saturated heterocycles. The fourth-order valence-electron chi connectivity index (χ4n) is 3.05. The number of thioether (sulfide) groups is 1. The number of para-hydroxylation sites is 1. The van der Waals surface area contributed by atoms with Crippen molar-refractivity contribution < 1.29 is 9.18 Å². The molecule has 0 unspecified atom stereocenters. The number of nitrogens with zero attached hydrogens (tertiary/aromatic N) is 2. The van der Waals surface area contributed by atoms with E-state index < -0.39 is 5.82 Å². The number of carbonyl (C=O) groups excluding carboxylic acids is 1. The first-order chi connectivity index (χ1) is 13.9. The standard InChI is InChI=1S/C22H24FN3O2S/c1-4-15(5-2)24-20(27)13-29-22-25-19-9-7-6-8-17(19)21(28)26(22)16-11-10-14(3)18(23)12-16/h6-12,15H,4-5,13H2,1-3H3,(H,24,27). The number of aromatic nitrogens is 2. The van der Waals surface area contributed by atoms with Crippen LogP contribution in [-0.2, 0) is 4.79 Å². The second-order valence-electron chi connectivity index (χ2n) is 6.86. The second kappa shape index (κ2) is 9.22. The van der Waals surface area contributed by atoms with E-state index in [1.54, 1.807) is 43.3 Å². The molecule has 0 spiro atoms. The van der Waals surface area contributed by atoms with E-state index in [0.717, 1.165) is 12.8 Å². The van der Waals surface area contributed by atoms with Crippen molar-refractivity contribution in [2.75, 3.05) is 5.75 Å². The van der Waals surface area contributed by atoms with Gasteiger partial charge in [0.25, 0.3) is 5.56 Å². The lowest BCUT2D eigenvalue weighted by Crippen LogP contribution is -2.35. The maximum Gasteiger partial charge on any atom is 0.266 e. The Morgan fingerprint density at radius 2 is 1.93 bits per heavy atom. The third-order valence-corrected chi connectivity index (χ3v) is 5.78. The first kappa shape index (κ1) is 21.0. The molecule has 152 valence electrons. The molecule has 1 heterocycles. The smallest absolute Gasteiger partial charge is 0.266 e. The van der Waals surface area contributed by atoms with Crippen LogP contribution >= 0.6 is 11.8 Å². The highest BCUT2D eigenvalue weighted by Gasteiger charge is 2.16. The molecule has 1 amide bonds. The van der Waals surface area contributed by atoms with Crippen molar-refractivity contribution in [2.24, 2.45) is 0 Å². The summed E-state index contributed by atoms with van der Waals surface area (Å²) in [6.07, 6.45) is 1.71. The Morgan fingerprint density at radius 1 is 1.21 bits per heavy atom. The van der Waals surface area contributed by atoms with Crippen molar-refractivity contribution in [1.29, 1.82) is 0 Å². The zero-order valence-electron chi connectivity index (χ0n) is 16.7. The summed E-state index contributed by atoms with van der Waals surface area (Å²) in [6, 6.07) is 11.8. The number of carbonyl (C=O) groups is 1. The molecular weight excluding hydrogens is 389 g/mol. The number of hydrogen-bond donors (Lipinski definition) is 1. The minimum atomic E-state index is -0.398. The van der Waals surface area contributed by atoms with Crippen molar-refractivity contribution in [3.63, 3.8) is 0 Å². The van der Waals surface area contributed by atoms with Gasteiger partial charge in [-0.25, -0.2) is 9.37 Å². The number of amides is 1. The number of nitrogens with one attached hydrogen (secondary N) is 1. The van der Waals surface area contributed by atoms with Crippen LogP contribution in [-0.4, -0.2) is 27.3 Å². The Bertz CT molecular complexity index is 1090. The molecule has 1 aromatic heterocycles. The van der Waals surface area contributed by atoms with E-state index in [0.29, 0.717) is 27.3 Å².